The van der Waals surface area contributed by atoms with Crippen LogP contribution in [0.3, 0.4) is 0 Å². The van der Waals surface area contributed by atoms with E-state index >= 15 is 0 Å². The van der Waals surface area contributed by atoms with Gasteiger partial charge in [-0.2, -0.15) is 0 Å². The topological polar surface area (TPSA) is 0 Å². The highest BCUT2D eigenvalue weighted by Crippen LogP contribution is 2.74. The van der Waals surface area contributed by atoms with Crippen molar-refractivity contribution < 1.29 is 0 Å². The molecule has 0 heteroatoms. The zero-order valence-corrected chi connectivity index (χ0v) is 19.1. The number of hydrogen-bond donors (Lipinski definition) is 0. The summed E-state index contributed by atoms with van der Waals surface area (Å²) in [4.78, 5) is 0. The molecular weight excluding hydrogens is 324 g/mol. The standard InChI is InChI=1S/C27H42/c1-9-19-12-16-26(7)21(19)10-11-23-25(6)15-13-20(18(2)3)24(4,5)22(25)14-17-27(23,26)8/h9,22-23H,1,10-17H2,2-8H3/t22-,23+,25-,26+,27+/m0/s1. The number of allylic oxidation sites excluding steroid dienone is 5. The largest absolute Gasteiger partial charge is 0.0988 e. The molecule has 150 valence electrons. The predicted octanol–water partition coefficient (Wildman–Crippen LogP) is 8.26. The van der Waals surface area contributed by atoms with E-state index in [2.05, 4.69) is 61.1 Å². The Hall–Kier alpha value is -0.780. The zero-order valence-electron chi connectivity index (χ0n) is 19.1. The Morgan fingerprint density at radius 3 is 2.22 bits per heavy atom. The molecule has 4 aliphatic rings. The molecule has 0 bridgehead atoms. The molecular formula is C27H42. The Labute approximate surface area is 168 Å². The summed E-state index contributed by atoms with van der Waals surface area (Å²) in [7, 11) is 0. The minimum absolute atomic E-state index is 0.367. The molecule has 0 aromatic rings. The van der Waals surface area contributed by atoms with Gasteiger partial charge in [-0.05, 0) is 104 Å². The molecule has 0 saturated heterocycles. The van der Waals surface area contributed by atoms with E-state index in [1.165, 1.54) is 51.4 Å². The molecule has 3 saturated carbocycles. The molecule has 5 atom stereocenters. The third-order valence-corrected chi connectivity index (χ3v) is 10.6. The highest BCUT2D eigenvalue weighted by atomic mass is 14.7. The third kappa shape index (κ3) is 2.28. The monoisotopic (exact) mass is 366 g/mol. The lowest BCUT2D eigenvalue weighted by Gasteiger charge is -2.68. The summed E-state index contributed by atoms with van der Waals surface area (Å²) in [6.07, 6.45) is 13.1. The van der Waals surface area contributed by atoms with Gasteiger partial charge in [-0.1, -0.05) is 64.0 Å². The van der Waals surface area contributed by atoms with Crippen LogP contribution >= 0.6 is 0 Å². The van der Waals surface area contributed by atoms with Crippen LogP contribution in [0.25, 0.3) is 0 Å². The van der Waals surface area contributed by atoms with Crippen LogP contribution in [-0.4, -0.2) is 0 Å². The lowest BCUT2D eigenvalue weighted by molar-refractivity contribution is -0.162. The van der Waals surface area contributed by atoms with Gasteiger partial charge in [0.15, 0.2) is 0 Å². The van der Waals surface area contributed by atoms with Crippen molar-refractivity contribution in [2.75, 3.05) is 0 Å². The highest BCUT2D eigenvalue weighted by molar-refractivity contribution is 5.39. The Morgan fingerprint density at radius 2 is 1.59 bits per heavy atom. The second-order valence-corrected chi connectivity index (χ2v) is 11.8. The van der Waals surface area contributed by atoms with Gasteiger partial charge in [-0.3, -0.25) is 0 Å². The van der Waals surface area contributed by atoms with Crippen molar-refractivity contribution in [3.8, 4) is 0 Å². The predicted molar refractivity (Wildman–Crippen MR) is 118 cm³/mol. The van der Waals surface area contributed by atoms with Gasteiger partial charge in [0.25, 0.3) is 0 Å². The lowest BCUT2D eigenvalue weighted by Crippen LogP contribution is -2.61. The molecule has 0 aliphatic heterocycles. The number of fused-ring (bicyclic) bond motifs is 5. The number of rotatable bonds is 1. The summed E-state index contributed by atoms with van der Waals surface area (Å²) in [5, 5.41) is 0. The summed E-state index contributed by atoms with van der Waals surface area (Å²) in [6.45, 7) is 22.0. The van der Waals surface area contributed by atoms with Gasteiger partial charge >= 0.3 is 0 Å². The van der Waals surface area contributed by atoms with Crippen LogP contribution in [0.4, 0.5) is 0 Å². The van der Waals surface area contributed by atoms with E-state index in [1.54, 1.807) is 22.3 Å². The Morgan fingerprint density at radius 1 is 0.889 bits per heavy atom. The summed E-state index contributed by atoms with van der Waals surface area (Å²) in [5.41, 5.74) is 8.49. The van der Waals surface area contributed by atoms with Gasteiger partial charge in [0.2, 0.25) is 0 Å². The van der Waals surface area contributed by atoms with Crippen LogP contribution in [0.15, 0.2) is 34.9 Å². The summed E-state index contributed by atoms with van der Waals surface area (Å²) in [5.74, 6) is 1.72. The molecule has 0 aromatic carbocycles. The first-order valence-electron chi connectivity index (χ1n) is 11.5. The second-order valence-electron chi connectivity index (χ2n) is 11.8. The number of hydrogen-bond acceptors (Lipinski definition) is 0. The first-order chi connectivity index (χ1) is 12.5. The average molecular weight is 367 g/mol. The van der Waals surface area contributed by atoms with Crippen LogP contribution in [-0.2, 0) is 0 Å². The minimum atomic E-state index is 0.367. The molecule has 0 aromatic heterocycles. The van der Waals surface area contributed by atoms with Gasteiger partial charge in [0, 0.05) is 0 Å². The van der Waals surface area contributed by atoms with Crippen LogP contribution in [0, 0.1) is 33.5 Å². The SMILES string of the molecule is C=CC1=C2CC[C@@H]3[C@@]4(C)CCC(=C(C)C)C(C)(C)[C@@H]4CC[C@@]3(C)[C@]2(C)CC1. The first kappa shape index (κ1) is 19.5. The highest BCUT2D eigenvalue weighted by Gasteiger charge is 2.66. The summed E-state index contributed by atoms with van der Waals surface area (Å²) in [6, 6.07) is 0. The van der Waals surface area contributed by atoms with Crippen LogP contribution in [0.1, 0.15) is 99.8 Å². The first-order valence-corrected chi connectivity index (χ1v) is 11.5. The van der Waals surface area contributed by atoms with Crippen molar-refractivity contribution in [2.45, 2.75) is 99.8 Å². The molecule has 27 heavy (non-hydrogen) atoms. The molecule has 3 fully saturated rings. The maximum absolute atomic E-state index is 4.15. The van der Waals surface area contributed by atoms with Crippen molar-refractivity contribution in [3.63, 3.8) is 0 Å². The lowest BCUT2D eigenvalue weighted by atomic mass is 9.36. The fourth-order valence-electron chi connectivity index (χ4n) is 9.20. The van der Waals surface area contributed by atoms with Crippen LogP contribution < -0.4 is 0 Å². The summed E-state index contributed by atoms with van der Waals surface area (Å²) < 4.78 is 0. The van der Waals surface area contributed by atoms with E-state index in [1.807, 2.05) is 0 Å². The Bertz CT molecular complexity index is 727. The van der Waals surface area contributed by atoms with E-state index in [0.717, 1.165) is 11.8 Å². The van der Waals surface area contributed by atoms with E-state index in [4.69, 9.17) is 0 Å². The van der Waals surface area contributed by atoms with Gasteiger partial charge in [0.05, 0.1) is 0 Å². The molecule has 0 spiro atoms. The zero-order chi connectivity index (χ0) is 19.8. The van der Waals surface area contributed by atoms with Gasteiger partial charge < -0.3 is 0 Å². The van der Waals surface area contributed by atoms with Crippen molar-refractivity contribution in [2.24, 2.45) is 33.5 Å². The molecule has 0 nitrogen and oxygen atoms in total. The van der Waals surface area contributed by atoms with Crippen molar-refractivity contribution in [3.05, 3.63) is 34.9 Å². The van der Waals surface area contributed by atoms with Crippen LogP contribution in [0.5, 0.6) is 0 Å². The third-order valence-electron chi connectivity index (χ3n) is 10.6. The second kappa shape index (κ2) is 5.87. The quantitative estimate of drug-likeness (QED) is 0.410. The van der Waals surface area contributed by atoms with Crippen LogP contribution in [0.2, 0.25) is 0 Å². The van der Waals surface area contributed by atoms with Crippen molar-refractivity contribution in [1.82, 2.24) is 0 Å². The van der Waals surface area contributed by atoms with E-state index < -0.39 is 0 Å². The normalized spacial score (nSPS) is 45.8. The smallest absolute Gasteiger partial charge is 0.00508 e. The van der Waals surface area contributed by atoms with E-state index in [9.17, 15) is 0 Å². The maximum atomic E-state index is 4.15. The average Bonchev–Trinajstić information content (AvgIpc) is 2.91. The molecule has 0 N–H and O–H groups in total. The summed E-state index contributed by atoms with van der Waals surface area (Å²) >= 11 is 0. The minimum Gasteiger partial charge on any atom is -0.0988 e. The van der Waals surface area contributed by atoms with E-state index in [-0.39, 0.29) is 0 Å². The molecule has 0 unspecified atom stereocenters. The van der Waals surface area contributed by atoms with Crippen molar-refractivity contribution >= 4 is 0 Å². The van der Waals surface area contributed by atoms with Gasteiger partial charge in [-0.15, -0.1) is 0 Å². The maximum Gasteiger partial charge on any atom is -0.00508 e. The molecule has 4 aliphatic carbocycles. The molecule has 0 heterocycles. The fraction of sp³-hybridized carbons (Fsp3) is 0.778. The molecule has 0 radical (unpaired) electrons. The van der Waals surface area contributed by atoms with Crippen molar-refractivity contribution in [1.29, 1.82) is 0 Å². The molecule has 4 rings (SSSR count). The Balaban J connectivity index is 1.79. The Kier molecular flexibility index (Phi) is 4.24. The van der Waals surface area contributed by atoms with Gasteiger partial charge in [0.1, 0.15) is 0 Å². The van der Waals surface area contributed by atoms with E-state index in [0.29, 0.717) is 21.7 Å². The molecule has 0 amide bonds. The van der Waals surface area contributed by atoms with Gasteiger partial charge in [-0.25, -0.2) is 0 Å². The fourth-order valence-corrected chi connectivity index (χ4v) is 9.20.